The molecule has 0 aliphatic carbocycles. The van der Waals surface area contributed by atoms with E-state index in [4.69, 9.17) is 9.84 Å². The van der Waals surface area contributed by atoms with E-state index >= 15 is 0 Å². The Labute approximate surface area is 173 Å². The highest BCUT2D eigenvalue weighted by atomic mass is 32.2. The maximum Gasteiger partial charge on any atom is 0.354 e. The van der Waals surface area contributed by atoms with Gasteiger partial charge in [-0.1, -0.05) is 6.07 Å². The molecule has 3 N–H and O–H groups in total. The third-order valence-corrected chi connectivity index (χ3v) is 5.16. The van der Waals surface area contributed by atoms with Crippen molar-refractivity contribution in [1.82, 2.24) is 15.0 Å². The highest BCUT2D eigenvalue weighted by molar-refractivity contribution is 7.90. The molecule has 0 atom stereocenters. The minimum Gasteiger partial charge on any atom is -0.477 e. The van der Waals surface area contributed by atoms with Crippen molar-refractivity contribution in [2.24, 2.45) is 0 Å². The van der Waals surface area contributed by atoms with Crippen LogP contribution >= 0.6 is 0 Å². The first-order valence-corrected chi connectivity index (χ1v) is 10.5. The van der Waals surface area contributed by atoms with Gasteiger partial charge in [-0.3, -0.25) is 9.59 Å². The van der Waals surface area contributed by atoms with E-state index in [2.05, 4.69) is 10.3 Å². The number of carbonyl (C=O) groups is 3. The van der Waals surface area contributed by atoms with Crippen LogP contribution in [-0.2, 0) is 14.8 Å². The van der Waals surface area contributed by atoms with Crippen LogP contribution in [0.25, 0.3) is 0 Å². The average molecular weight is 435 g/mol. The molecule has 2 aromatic rings. The summed E-state index contributed by atoms with van der Waals surface area (Å²) < 4.78 is 32.0. The van der Waals surface area contributed by atoms with E-state index in [0.29, 0.717) is 26.2 Å². The second-order valence-corrected chi connectivity index (χ2v) is 7.69. The van der Waals surface area contributed by atoms with E-state index < -0.39 is 27.8 Å². The number of rotatable bonds is 10. The molecule has 30 heavy (non-hydrogen) atoms. The van der Waals surface area contributed by atoms with Gasteiger partial charge in [0.05, 0.1) is 10.5 Å². The van der Waals surface area contributed by atoms with Gasteiger partial charge < -0.3 is 15.2 Å². The molecule has 0 spiro atoms. The summed E-state index contributed by atoms with van der Waals surface area (Å²) in [6.45, 7) is 3.32. The van der Waals surface area contributed by atoms with Gasteiger partial charge in [-0.2, -0.15) is 0 Å². The van der Waals surface area contributed by atoms with E-state index in [-0.39, 0.29) is 21.7 Å². The molecule has 1 aromatic heterocycles. The summed E-state index contributed by atoms with van der Waals surface area (Å²) >= 11 is 0. The van der Waals surface area contributed by atoms with Crippen molar-refractivity contribution in [2.45, 2.75) is 18.2 Å². The molecule has 0 unspecified atom stereocenters. The van der Waals surface area contributed by atoms with Crippen LogP contribution in [0.4, 0.5) is 0 Å². The van der Waals surface area contributed by atoms with E-state index in [1.54, 1.807) is 0 Å². The zero-order valence-corrected chi connectivity index (χ0v) is 16.9. The molecular weight excluding hydrogens is 414 g/mol. The number of benzene rings is 1. The van der Waals surface area contributed by atoms with E-state index in [0.717, 1.165) is 24.4 Å². The van der Waals surface area contributed by atoms with Crippen molar-refractivity contribution in [3.63, 3.8) is 0 Å². The number of nitrogens with one attached hydrogen (secondary N) is 2. The fraction of sp³-hybridized carbons (Fsp3) is 0.263. The fourth-order valence-electron chi connectivity index (χ4n) is 2.32. The molecular formula is C19H21N3O7S. The largest absolute Gasteiger partial charge is 0.477 e. The topological polar surface area (TPSA) is 152 Å². The Morgan fingerprint density at radius 3 is 2.50 bits per heavy atom. The molecule has 11 heteroatoms. The van der Waals surface area contributed by atoms with Gasteiger partial charge in [0.25, 0.3) is 21.8 Å². The number of carboxylic acids is 1. The van der Waals surface area contributed by atoms with E-state index in [1.807, 2.05) is 11.6 Å². The number of ether oxygens (including phenoxy) is 1. The van der Waals surface area contributed by atoms with Crippen LogP contribution in [0.3, 0.4) is 0 Å². The molecule has 0 fully saturated rings. The number of aromatic carboxylic acids is 1. The molecule has 2 rings (SSSR count). The second-order valence-electron chi connectivity index (χ2n) is 6.01. The number of carboxylic acid groups (broad SMARTS) is 1. The summed E-state index contributed by atoms with van der Waals surface area (Å²) in [5.74, 6) is -2.71. The Morgan fingerprint density at radius 1 is 1.10 bits per heavy atom. The van der Waals surface area contributed by atoms with Crippen LogP contribution in [0.2, 0.25) is 0 Å². The minimum atomic E-state index is -4.27. The fourth-order valence-corrected chi connectivity index (χ4v) is 3.34. The first-order chi connectivity index (χ1) is 14.2. The molecule has 1 heterocycles. The molecule has 0 aliphatic heterocycles. The lowest BCUT2D eigenvalue weighted by Gasteiger charge is -2.09. The predicted molar refractivity (Wildman–Crippen MR) is 106 cm³/mol. The highest BCUT2D eigenvalue weighted by Crippen LogP contribution is 2.12. The summed E-state index contributed by atoms with van der Waals surface area (Å²) in [5, 5.41) is 11.5. The average Bonchev–Trinajstić information content (AvgIpc) is 2.73. The first kappa shape index (κ1) is 23.0. The van der Waals surface area contributed by atoms with Crippen LogP contribution in [0.15, 0.2) is 47.5 Å². The normalized spacial score (nSPS) is 11.0. The Morgan fingerprint density at radius 2 is 1.87 bits per heavy atom. The molecule has 160 valence electrons. The van der Waals surface area contributed by atoms with Gasteiger partial charge in [0.2, 0.25) is 0 Å². The minimum absolute atomic E-state index is 0.120. The Kier molecular flexibility index (Phi) is 8.01. The van der Waals surface area contributed by atoms with Gasteiger partial charge in [0.1, 0.15) is 5.69 Å². The zero-order chi connectivity index (χ0) is 22.1. The number of carbonyl (C=O) groups excluding carboxylic acids is 2. The van der Waals surface area contributed by atoms with Gasteiger partial charge >= 0.3 is 5.97 Å². The van der Waals surface area contributed by atoms with Crippen LogP contribution in [0.1, 0.15) is 44.5 Å². The van der Waals surface area contributed by atoms with E-state index in [1.165, 1.54) is 18.2 Å². The van der Waals surface area contributed by atoms with Gasteiger partial charge in [0.15, 0.2) is 0 Å². The standard InChI is InChI=1S/C19H21N3O7S/c1-2-29-10-4-9-20-17(23)13-5-3-6-15(11-13)30(27,28)22-18(24)14-7-8-16(19(25)26)21-12-14/h3,5-8,11-12H,2,4,9-10H2,1H3,(H,20,23)(H,22,24)(H,25,26). The van der Waals surface area contributed by atoms with Gasteiger partial charge in [0, 0.05) is 31.5 Å². The van der Waals surface area contributed by atoms with Crippen molar-refractivity contribution < 1.29 is 32.6 Å². The van der Waals surface area contributed by atoms with Crippen molar-refractivity contribution >= 4 is 27.8 Å². The van der Waals surface area contributed by atoms with Gasteiger partial charge in [-0.05, 0) is 43.7 Å². The summed E-state index contributed by atoms with van der Waals surface area (Å²) in [6, 6.07) is 7.46. The Balaban J connectivity index is 2.06. The predicted octanol–water partition coefficient (Wildman–Crippen LogP) is 1.05. The van der Waals surface area contributed by atoms with Crippen molar-refractivity contribution in [3.05, 3.63) is 59.4 Å². The number of amides is 2. The Hall–Kier alpha value is -3.31. The van der Waals surface area contributed by atoms with E-state index in [9.17, 15) is 22.8 Å². The van der Waals surface area contributed by atoms with Crippen molar-refractivity contribution in [2.75, 3.05) is 19.8 Å². The van der Waals surface area contributed by atoms with Gasteiger partial charge in [-0.15, -0.1) is 0 Å². The molecule has 0 radical (unpaired) electrons. The quantitative estimate of drug-likeness (QED) is 0.469. The molecule has 10 nitrogen and oxygen atoms in total. The van der Waals surface area contributed by atoms with Gasteiger partial charge in [-0.25, -0.2) is 22.9 Å². The number of sulfonamides is 1. The smallest absolute Gasteiger partial charge is 0.354 e. The maximum atomic E-state index is 12.5. The van der Waals surface area contributed by atoms with Crippen LogP contribution < -0.4 is 10.0 Å². The molecule has 1 aromatic carbocycles. The molecule has 2 amide bonds. The molecule has 0 bridgehead atoms. The zero-order valence-electron chi connectivity index (χ0n) is 16.1. The first-order valence-electron chi connectivity index (χ1n) is 8.97. The third-order valence-electron chi connectivity index (χ3n) is 3.83. The van der Waals surface area contributed by atoms with Crippen molar-refractivity contribution in [1.29, 1.82) is 0 Å². The molecule has 0 aliphatic rings. The van der Waals surface area contributed by atoms with Crippen molar-refractivity contribution in [3.8, 4) is 0 Å². The van der Waals surface area contributed by atoms with Crippen LogP contribution in [0.5, 0.6) is 0 Å². The summed E-state index contributed by atoms with van der Waals surface area (Å²) in [4.78, 5) is 38.5. The number of hydrogen-bond acceptors (Lipinski definition) is 7. The lowest BCUT2D eigenvalue weighted by atomic mass is 10.2. The molecule has 0 saturated carbocycles. The Bertz CT molecular complexity index is 1020. The summed E-state index contributed by atoms with van der Waals surface area (Å²) in [7, 11) is -4.27. The highest BCUT2D eigenvalue weighted by Gasteiger charge is 2.20. The number of pyridine rings is 1. The summed E-state index contributed by atoms with van der Waals surface area (Å²) in [5.41, 5.74) is -0.296. The molecule has 0 saturated heterocycles. The SMILES string of the molecule is CCOCCCNC(=O)c1cccc(S(=O)(=O)NC(=O)c2ccc(C(=O)O)nc2)c1. The lowest BCUT2D eigenvalue weighted by molar-refractivity contribution is 0.0689. The monoisotopic (exact) mass is 435 g/mol. The second kappa shape index (κ2) is 10.5. The number of hydrogen-bond donors (Lipinski definition) is 3. The number of aromatic nitrogens is 1. The lowest BCUT2D eigenvalue weighted by Crippen LogP contribution is -2.31. The third kappa shape index (κ3) is 6.36. The van der Waals surface area contributed by atoms with Crippen LogP contribution in [-0.4, -0.2) is 56.1 Å². The number of nitrogens with zero attached hydrogens (tertiary/aromatic N) is 1. The summed E-state index contributed by atoms with van der Waals surface area (Å²) in [6.07, 6.45) is 1.57. The maximum absolute atomic E-state index is 12.5. The van der Waals surface area contributed by atoms with Crippen LogP contribution in [0, 0.1) is 0 Å².